The van der Waals surface area contributed by atoms with E-state index >= 15 is 0 Å². The molecule has 0 aliphatic heterocycles. The molecule has 0 bridgehead atoms. The molecule has 0 saturated heterocycles. The SMILES string of the molecule is CCC(Cl)c1cn(-c2c(F)cccc2F)nn1. The minimum Gasteiger partial charge on any atom is -0.214 e. The average molecular weight is 258 g/mol. The Bertz CT molecular complexity index is 507. The van der Waals surface area contributed by atoms with Crippen molar-refractivity contribution in [3.63, 3.8) is 0 Å². The third-order valence-electron chi connectivity index (χ3n) is 2.36. The maximum atomic E-state index is 13.5. The maximum absolute atomic E-state index is 13.5. The summed E-state index contributed by atoms with van der Waals surface area (Å²) in [4.78, 5) is 0. The molecule has 2 rings (SSSR count). The zero-order valence-electron chi connectivity index (χ0n) is 9.07. The molecule has 17 heavy (non-hydrogen) atoms. The van der Waals surface area contributed by atoms with E-state index in [0.717, 1.165) is 16.8 Å². The highest BCUT2D eigenvalue weighted by atomic mass is 35.5. The molecular formula is C11H10ClF2N3. The van der Waals surface area contributed by atoms with Gasteiger partial charge in [-0.3, -0.25) is 0 Å². The average Bonchev–Trinajstić information content (AvgIpc) is 2.77. The van der Waals surface area contributed by atoms with Gasteiger partial charge in [0.25, 0.3) is 0 Å². The van der Waals surface area contributed by atoms with Crippen LogP contribution in [0.5, 0.6) is 0 Å². The Balaban J connectivity index is 2.44. The Morgan fingerprint density at radius 1 is 1.35 bits per heavy atom. The summed E-state index contributed by atoms with van der Waals surface area (Å²) >= 11 is 5.97. The zero-order chi connectivity index (χ0) is 12.4. The van der Waals surface area contributed by atoms with Gasteiger partial charge in [0, 0.05) is 0 Å². The number of alkyl halides is 1. The molecule has 3 nitrogen and oxygen atoms in total. The van der Waals surface area contributed by atoms with E-state index in [1.807, 2.05) is 6.92 Å². The lowest BCUT2D eigenvalue weighted by Crippen LogP contribution is -2.01. The van der Waals surface area contributed by atoms with Crippen molar-refractivity contribution in [3.8, 4) is 5.69 Å². The minimum atomic E-state index is -0.691. The number of hydrogen-bond acceptors (Lipinski definition) is 2. The number of benzene rings is 1. The molecule has 1 aromatic heterocycles. The van der Waals surface area contributed by atoms with Gasteiger partial charge in [-0.05, 0) is 18.6 Å². The molecular weight excluding hydrogens is 248 g/mol. The molecule has 1 aromatic carbocycles. The van der Waals surface area contributed by atoms with Crippen molar-refractivity contribution < 1.29 is 8.78 Å². The van der Waals surface area contributed by atoms with Crippen molar-refractivity contribution in [3.05, 3.63) is 41.7 Å². The van der Waals surface area contributed by atoms with Crippen molar-refractivity contribution in [1.29, 1.82) is 0 Å². The smallest absolute Gasteiger partial charge is 0.151 e. The Morgan fingerprint density at radius 3 is 2.59 bits per heavy atom. The van der Waals surface area contributed by atoms with Gasteiger partial charge in [-0.25, -0.2) is 13.5 Å². The lowest BCUT2D eigenvalue weighted by Gasteiger charge is -2.03. The minimum absolute atomic E-state index is 0.244. The van der Waals surface area contributed by atoms with Crippen LogP contribution in [0.1, 0.15) is 24.4 Å². The molecule has 1 unspecified atom stereocenters. The predicted octanol–water partition coefficient (Wildman–Crippen LogP) is 3.24. The number of halogens is 3. The molecule has 1 atom stereocenters. The lowest BCUT2D eigenvalue weighted by atomic mass is 10.2. The molecule has 0 radical (unpaired) electrons. The van der Waals surface area contributed by atoms with Gasteiger partial charge in [-0.1, -0.05) is 18.2 Å². The second-order valence-electron chi connectivity index (χ2n) is 3.53. The summed E-state index contributed by atoms with van der Waals surface area (Å²) in [5.74, 6) is -1.38. The third-order valence-corrected chi connectivity index (χ3v) is 2.89. The summed E-state index contributed by atoms with van der Waals surface area (Å²) in [6.45, 7) is 1.89. The van der Waals surface area contributed by atoms with Crippen LogP contribution in [0.2, 0.25) is 0 Å². The van der Waals surface area contributed by atoms with Crippen LogP contribution in [0.3, 0.4) is 0 Å². The van der Waals surface area contributed by atoms with Crippen LogP contribution in [0, 0.1) is 11.6 Å². The van der Waals surface area contributed by atoms with E-state index in [0.29, 0.717) is 12.1 Å². The summed E-state index contributed by atoms with van der Waals surface area (Å²) in [6.07, 6.45) is 2.10. The van der Waals surface area contributed by atoms with Crippen molar-refractivity contribution in [2.45, 2.75) is 18.7 Å². The molecule has 0 spiro atoms. The van der Waals surface area contributed by atoms with Crippen LogP contribution >= 0.6 is 11.6 Å². The van der Waals surface area contributed by atoms with Crippen LogP contribution in [0.25, 0.3) is 5.69 Å². The number of aromatic nitrogens is 3. The molecule has 0 saturated carbocycles. The first kappa shape index (κ1) is 12.0. The number of para-hydroxylation sites is 1. The Morgan fingerprint density at radius 2 is 2.00 bits per heavy atom. The normalized spacial score (nSPS) is 12.7. The highest BCUT2D eigenvalue weighted by Crippen LogP contribution is 2.23. The molecule has 0 fully saturated rings. The largest absolute Gasteiger partial charge is 0.214 e. The van der Waals surface area contributed by atoms with Crippen LogP contribution in [-0.2, 0) is 0 Å². The van der Waals surface area contributed by atoms with E-state index in [-0.39, 0.29) is 11.1 Å². The summed E-state index contributed by atoms with van der Waals surface area (Å²) in [5.41, 5.74) is 0.253. The quantitative estimate of drug-likeness (QED) is 0.791. The van der Waals surface area contributed by atoms with E-state index in [2.05, 4.69) is 10.3 Å². The number of hydrogen-bond donors (Lipinski definition) is 0. The van der Waals surface area contributed by atoms with Gasteiger partial charge in [0.1, 0.15) is 11.4 Å². The number of nitrogens with zero attached hydrogens (tertiary/aromatic N) is 3. The van der Waals surface area contributed by atoms with Gasteiger partial charge in [-0.2, -0.15) is 0 Å². The molecule has 6 heteroatoms. The summed E-state index contributed by atoms with van der Waals surface area (Å²) in [6, 6.07) is 3.62. The highest BCUT2D eigenvalue weighted by molar-refractivity contribution is 6.20. The van der Waals surface area contributed by atoms with Crippen molar-refractivity contribution >= 4 is 11.6 Å². The van der Waals surface area contributed by atoms with Crippen molar-refractivity contribution in [2.24, 2.45) is 0 Å². The van der Waals surface area contributed by atoms with Gasteiger partial charge >= 0.3 is 0 Å². The van der Waals surface area contributed by atoms with E-state index in [1.165, 1.54) is 12.3 Å². The second-order valence-corrected chi connectivity index (χ2v) is 4.06. The van der Waals surface area contributed by atoms with Crippen molar-refractivity contribution in [1.82, 2.24) is 15.0 Å². The maximum Gasteiger partial charge on any atom is 0.151 e. The van der Waals surface area contributed by atoms with E-state index in [4.69, 9.17) is 11.6 Å². The molecule has 0 N–H and O–H groups in total. The molecule has 0 aliphatic carbocycles. The van der Waals surface area contributed by atoms with Crippen LogP contribution < -0.4 is 0 Å². The van der Waals surface area contributed by atoms with Crippen LogP contribution in [0.15, 0.2) is 24.4 Å². The summed E-state index contributed by atoms with van der Waals surface area (Å²) in [7, 11) is 0. The topological polar surface area (TPSA) is 30.7 Å². The third kappa shape index (κ3) is 2.29. The first-order valence-corrected chi connectivity index (χ1v) is 5.57. The first-order chi connectivity index (χ1) is 8.13. The van der Waals surface area contributed by atoms with E-state index < -0.39 is 11.6 Å². The molecule has 90 valence electrons. The standard InChI is InChI=1S/C11H10ClF2N3/c1-2-7(12)10-6-17(16-15-10)11-8(13)4-3-5-9(11)14/h3-7H,2H2,1H3. The van der Waals surface area contributed by atoms with Crippen molar-refractivity contribution in [2.75, 3.05) is 0 Å². The first-order valence-electron chi connectivity index (χ1n) is 5.14. The second kappa shape index (κ2) is 4.79. The molecule has 1 heterocycles. The zero-order valence-corrected chi connectivity index (χ0v) is 9.83. The van der Waals surface area contributed by atoms with E-state index in [1.54, 1.807) is 0 Å². The van der Waals surface area contributed by atoms with Gasteiger partial charge in [0.15, 0.2) is 11.6 Å². The molecule has 0 aliphatic rings. The van der Waals surface area contributed by atoms with Gasteiger partial charge < -0.3 is 0 Å². The fraction of sp³-hybridized carbons (Fsp3) is 0.273. The van der Waals surface area contributed by atoms with E-state index in [9.17, 15) is 8.78 Å². The van der Waals surface area contributed by atoms with Crippen LogP contribution in [-0.4, -0.2) is 15.0 Å². The fourth-order valence-electron chi connectivity index (χ4n) is 1.45. The summed E-state index contributed by atoms with van der Waals surface area (Å²) in [5, 5.41) is 7.17. The Kier molecular flexibility index (Phi) is 3.38. The van der Waals surface area contributed by atoms with Crippen LogP contribution in [0.4, 0.5) is 8.78 Å². The van der Waals surface area contributed by atoms with Gasteiger partial charge in [0.2, 0.25) is 0 Å². The van der Waals surface area contributed by atoms with Gasteiger partial charge in [0.05, 0.1) is 11.6 Å². The summed E-state index contributed by atoms with van der Waals surface area (Å²) < 4.78 is 28.0. The highest BCUT2D eigenvalue weighted by Gasteiger charge is 2.15. The van der Waals surface area contributed by atoms with Gasteiger partial charge in [-0.15, -0.1) is 16.7 Å². The molecule has 2 aromatic rings. The molecule has 0 amide bonds. The lowest BCUT2D eigenvalue weighted by molar-refractivity contribution is 0.556. The fourth-order valence-corrected chi connectivity index (χ4v) is 1.55. The monoisotopic (exact) mass is 257 g/mol. The Labute approximate surface area is 102 Å². The Hall–Kier alpha value is -1.49. The predicted molar refractivity (Wildman–Crippen MR) is 60.2 cm³/mol. The number of rotatable bonds is 3.